The number of aromatic nitrogens is 4. The maximum absolute atomic E-state index is 14.4. The molecule has 0 amide bonds. The molecule has 1 spiro atoms. The van der Waals surface area contributed by atoms with Gasteiger partial charge in [-0.25, -0.2) is 8.42 Å². The first-order valence-electron chi connectivity index (χ1n) is 14.5. The number of fused-ring (bicyclic) bond motifs is 2. The summed E-state index contributed by atoms with van der Waals surface area (Å²) in [4.78, 5) is 3.20. The molecule has 7 nitrogen and oxygen atoms in total. The van der Waals surface area contributed by atoms with Gasteiger partial charge in [-0.05, 0) is 72.8 Å². The molecule has 8 aromatic rings. The molecule has 0 bridgehead atoms. The molecule has 0 N–H and O–H groups in total. The second-order valence-corrected chi connectivity index (χ2v) is 14.9. The third-order valence-electron chi connectivity index (χ3n) is 10.5. The average Bonchev–Trinajstić information content (AvgIpc) is 3.59. The number of pyridine rings is 2. The van der Waals surface area contributed by atoms with Crippen LogP contribution in [0.25, 0.3) is 55.2 Å². The molecular formula is C35H16N4O3S2+2. The molecule has 44 heavy (non-hydrogen) atoms. The van der Waals surface area contributed by atoms with Crippen LogP contribution in [0.1, 0.15) is 11.1 Å². The normalized spacial score (nSPS) is 21.6. The van der Waals surface area contributed by atoms with Crippen molar-refractivity contribution >= 4 is 65.2 Å². The predicted octanol–water partition coefficient (Wildman–Crippen LogP) is 5.45. The van der Waals surface area contributed by atoms with E-state index < -0.39 is 27.3 Å². The van der Waals surface area contributed by atoms with Crippen molar-refractivity contribution in [3.8, 4) is 23.1 Å². The zero-order valence-corrected chi connectivity index (χ0v) is 24.2. The third-order valence-corrected chi connectivity index (χ3v) is 13.3. The topological polar surface area (TPSA) is 61.0 Å². The van der Waals surface area contributed by atoms with Gasteiger partial charge in [-0.1, -0.05) is 12.1 Å². The molecule has 0 fully saturated rings. The van der Waals surface area contributed by atoms with E-state index in [0.29, 0.717) is 0 Å². The van der Waals surface area contributed by atoms with Crippen molar-refractivity contribution in [3.63, 3.8) is 0 Å². The largest absolute Gasteiger partial charge is 0.456 e. The number of para-hydroxylation sites is 2. The van der Waals surface area contributed by atoms with E-state index in [-0.39, 0.29) is 0 Å². The fourth-order valence-corrected chi connectivity index (χ4v) is 11.8. The third kappa shape index (κ3) is 1.83. The van der Waals surface area contributed by atoms with Crippen LogP contribution in [0.5, 0.6) is 11.5 Å². The van der Waals surface area contributed by atoms with Gasteiger partial charge in [-0.15, -0.1) is 0 Å². The zero-order chi connectivity index (χ0) is 28.4. The van der Waals surface area contributed by atoms with Crippen LogP contribution in [-0.4, -0.2) is 17.6 Å². The summed E-state index contributed by atoms with van der Waals surface area (Å²) in [5.41, 5.74) is 5.22. The lowest BCUT2D eigenvalue weighted by Crippen LogP contribution is -2.79. The van der Waals surface area contributed by atoms with Crippen LogP contribution in [0.2, 0.25) is 0 Å². The molecule has 5 aliphatic heterocycles. The van der Waals surface area contributed by atoms with Crippen LogP contribution < -0.4 is 13.9 Å². The smallest absolute Gasteiger partial charge is 0.321 e. The summed E-state index contributed by atoms with van der Waals surface area (Å²) in [7, 11) is -2.74. The monoisotopic (exact) mass is 604 g/mol. The molecule has 9 heterocycles. The number of benzene rings is 4. The molecule has 2 atom stereocenters. The maximum Gasteiger partial charge on any atom is 0.321 e. The Morgan fingerprint density at radius 3 is 1.48 bits per heavy atom. The second kappa shape index (κ2) is 6.38. The SMILES string of the molecule is O=S1c2ccc[n+]3c2-n2c4c1cccc4c1ccc4c(c12)C31c2c(ccc3c5cccc6c5n(c23)-c2c(ccc[n+]21)S6=O)O4. The van der Waals surface area contributed by atoms with Gasteiger partial charge in [0.2, 0.25) is 0 Å². The Hall–Kier alpha value is -5.12. The minimum absolute atomic E-state index is 0.776. The Bertz CT molecular complexity index is 2720. The van der Waals surface area contributed by atoms with Crippen LogP contribution in [0.3, 0.4) is 0 Å². The lowest BCUT2D eigenvalue weighted by molar-refractivity contribution is -0.969. The van der Waals surface area contributed by atoms with Gasteiger partial charge in [0.15, 0.2) is 22.1 Å². The second-order valence-electron chi connectivity index (χ2n) is 12.1. The summed E-state index contributed by atoms with van der Waals surface area (Å²) in [6.45, 7) is 0. The number of hydrogen-bond acceptors (Lipinski definition) is 3. The molecule has 13 rings (SSSR count). The van der Waals surface area contributed by atoms with Gasteiger partial charge in [0.1, 0.15) is 32.4 Å². The number of ether oxygens (including phenoxy) is 1. The quantitative estimate of drug-likeness (QED) is 0.217. The Balaban J connectivity index is 1.42. The van der Waals surface area contributed by atoms with E-state index in [4.69, 9.17) is 4.74 Å². The molecule has 0 saturated heterocycles. The van der Waals surface area contributed by atoms with Crippen LogP contribution in [0.15, 0.2) is 117 Å². The highest BCUT2D eigenvalue weighted by Crippen LogP contribution is 2.58. The van der Waals surface area contributed by atoms with Crippen molar-refractivity contribution < 1.29 is 22.3 Å². The van der Waals surface area contributed by atoms with Gasteiger partial charge >= 0.3 is 17.3 Å². The molecule has 5 aliphatic rings. The highest BCUT2D eigenvalue weighted by Gasteiger charge is 2.66. The van der Waals surface area contributed by atoms with Gasteiger partial charge in [0, 0.05) is 21.5 Å². The van der Waals surface area contributed by atoms with E-state index in [1.165, 1.54) is 0 Å². The zero-order valence-electron chi connectivity index (χ0n) is 22.6. The van der Waals surface area contributed by atoms with E-state index >= 15 is 0 Å². The van der Waals surface area contributed by atoms with Gasteiger partial charge < -0.3 is 4.74 Å². The summed E-state index contributed by atoms with van der Waals surface area (Å²) >= 11 is 0. The van der Waals surface area contributed by atoms with E-state index in [0.717, 1.165) is 97.5 Å². The summed E-state index contributed by atoms with van der Waals surface area (Å²) in [5.74, 6) is 3.36. The van der Waals surface area contributed by atoms with Gasteiger partial charge in [-0.2, -0.15) is 18.3 Å². The fraction of sp³-hybridized carbons (Fsp3) is 0.0286. The van der Waals surface area contributed by atoms with E-state index in [9.17, 15) is 8.42 Å². The Morgan fingerprint density at radius 2 is 0.977 bits per heavy atom. The highest BCUT2D eigenvalue weighted by molar-refractivity contribution is 7.85. The van der Waals surface area contributed by atoms with E-state index in [1.807, 2.05) is 48.5 Å². The number of hydrogen-bond donors (Lipinski definition) is 0. The average molecular weight is 605 g/mol. The number of nitrogens with zero attached hydrogens (tertiary/aromatic N) is 4. The van der Waals surface area contributed by atoms with E-state index in [1.54, 1.807) is 0 Å². The fourth-order valence-electron chi connectivity index (χ4n) is 9.06. The molecule has 9 heteroatoms. The van der Waals surface area contributed by atoms with E-state index in [2.05, 4.69) is 67.1 Å². The van der Waals surface area contributed by atoms with Crippen LogP contribution in [0.4, 0.5) is 0 Å². The Kier molecular flexibility index (Phi) is 3.12. The van der Waals surface area contributed by atoms with Gasteiger partial charge in [-0.3, -0.25) is 0 Å². The minimum atomic E-state index is -1.37. The summed E-state index contributed by atoms with van der Waals surface area (Å²) in [5, 5.41) is 4.35. The first kappa shape index (κ1) is 21.6. The minimum Gasteiger partial charge on any atom is -0.456 e. The molecule has 204 valence electrons. The molecule has 2 unspecified atom stereocenters. The molecule has 0 radical (unpaired) electrons. The highest BCUT2D eigenvalue weighted by atomic mass is 32.2. The van der Waals surface area contributed by atoms with Gasteiger partial charge in [0.25, 0.3) is 0 Å². The van der Waals surface area contributed by atoms with Crippen LogP contribution in [0, 0.1) is 0 Å². The van der Waals surface area contributed by atoms with Crippen molar-refractivity contribution in [1.29, 1.82) is 0 Å². The summed E-state index contributed by atoms with van der Waals surface area (Å²) in [6.07, 6.45) is 4.23. The summed E-state index contributed by atoms with van der Waals surface area (Å²) in [6, 6.07) is 28.7. The standard InChI is InChI=1S/C35H16N4O3S2/c40-43-23-7-1-5-17-19-11-13-21-27-31(19)38(29(17)23)33-25(43)9-3-15-36(33)35(27)28-22(42-21)14-12-20-18-6-2-8-24-30(18)39(32(20)28)34-26(44(24)41)10-4-16-37(34)35/h1-16H/q+2. The lowest BCUT2D eigenvalue weighted by Gasteiger charge is -2.41. The summed E-state index contributed by atoms with van der Waals surface area (Å²) < 4.78 is 44.8. The molecule has 4 aromatic heterocycles. The molecule has 0 saturated carbocycles. The Labute approximate surface area is 252 Å². The van der Waals surface area contributed by atoms with Crippen molar-refractivity contribution in [3.05, 3.63) is 108 Å². The first-order chi connectivity index (χ1) is 21.7. The lowest BCUT2D eigenvalue weighted by atomic mass is 9.81. The number of rotatable bonds is 0. The van der Waals surface area contributed by atoms with Crippen molar-refractivity contribution in [1.82, 2.24) is 9.13 Å². The molecule has 0 aliphatic carbocycles. The van der Waals surface area contributed by atoms with Gasteiger partial charge in [0.05, 0.1) is 43.8 Å². The predicted molar refractivity (Wildman–Crippen MR) is 163 cm³/mol. The van der Waals surface area contributed by atoms with Crippen molar-refractivity contribution in [2.24, 2.45) is 0 Å². The van der Waals surface area contributed by atoms with Crippen LogP contribution in [-0.2, 0) is 27.3 Å². The maximum atomic E-state index is 14.4. The van der Waals surface area contributed by atoms with Crippen LogP contribution >= 0.6 is 0 Å². The molecular weight excluding hydrogens is 589 g/mol. The Morgan fingerprint density at radius 1 is 0.523 bits per heavy atom. The van der Waals surface area contributed by atoms with Crippen molar-refractivity contribution in [2.45, 2.75) is 25.2 Å². The first-order valence-corrected chi connectivity index (χ1v) is 16.8. The molecule has 4 aromatic carbocycles. The van der Waals surface area contributed by atoms with Crippen molar-refractivity contribution in [2.75, 3.05) is 0 Å².